The normalized spacial score (nSPS) is 12.5. The summed E-state index contributed by atoms with van der Waals surface area (Å²) < 4.78 is 21.4. The minimum absolute atomic E-state index is 0.278. The van der Waals surface area contributed by atoms with Gasteiger partial charge in [-0.2, -0.15) is 0 Å². The van der Waals surface area contributed by atoms with Crippen LogP contribution in [0.15, 0.2) is 12.2 Å². The van der Waals surface area contributed by atoms with E-state index in [9.17, 15) is 8.42 Å². The van der Waals surface area contributed by atoms with Gasteiger partial charge in [-0.3, -0.25) is 0 Å². The Hall–Kier alpha value is -0.350. The average Bonchev–Trinajstić information content (AvgIpc) is 1.94. The third-order valence-electron chi connectivity index (χ3n) is 1.39. The molecule has 0 aromatic heterocycles. The van der Waals surface area contributed by atoms with E-state index in [0.29, 0.717) is 13.0 Å². The summed E-state index contributed by atoms with van der Waals surface area (Å²) in [4.78, 5) is 0. The van der Waals surface area contributed by atoms with Gasteiger partial charge in [0, 0.05) is 6.26 Å². The lowest BCUT2D eigenvalue weighted by Crippen LogP contribution is -2.01. The number of hydrogen-bond acceptors (Lipinski definition) is 3. The Morgan fingerprint density at radius 3 is 2.33 bits per heavy atom. The van der Waals surface area contributed by atoms with Crippen LogP contribution in [0.1, 0.15) is 19.3 Å². The molecule has 0 rings (SSSR count). The largest absolute Gasteiger partial charge is 0.330 e. The minimum atomic E-state index is -2.78. The van der Waals surface area contributed by atoms with E-state index in [1.807, 2.05) is 12.2 Å². The van der Waals surface area contributed by atoms with Gasteiger partial charge in [0.2, 0.25) is 0 Å². The molecule has 0 aromatic carbocycles. The van der Waals surface area contributed by atoms with Gasteiger partial charge in [-0.1, -0.05) is 12.2 Å². The molecule has 4 heteroatoms. The Bertz CT molecular complexity index is 219. The molecule has 12 heavy (non-hydrogen) atoms. The Kier molecular flexibility index (Phi) is 6.02. The van der Waals surface area contributed by atoms with Crippen LogP contribution in [0.3, 0.4) is 0 Å². The molecule has 0 aliphatic carbocycles. The Labute approximate surface area is 74.6 Å². The molecule has 3 nitrogen and oxygen atoms in total. The molecule has 72 valence electrons. The van der Waals surface area contributed by atoms with E-state index in [1.165, 1.54) is 6.26 Å². The highest BCUT2D eigenvalue weighted by molar-refractivity contribution is 7.90. The summed E-state index contributed by atoms with van der Waals surface area (Å²) in [6.07, 6.45) is 7.64. The van der Waals surface area contributed by atoms with Gasteiger partial charge in [-0.05, 0) is 25.8 Å². The van der Waals surface area contributed by atoms with Crippen molar-refractivity contribution in [3.63, 3.8) is 0 Å². The number of hydrogen-bond donors (Lipinski definition) is 1. The zero-order chi connectivity index (χ0) is 9.45. The van der Waals surface area contributed by atoms with Crippen molar-refractivity contribution in [2.75, 3.05) is 18.6 Å². The van der Waals surface area contributed by atoms with Gasteiger partial charge in [0.25, 0.3) is 0 Å². The SMILES string of the molecule is CS(=O)(=O)CCCC=CCCN. The number of sulfone groups is 1. The summed E-state index contributed by atoms with van der Waals surface area (Å²) in [7, 11) is -2.78. The Balaban J connectivity index is 3.34. The minimum Gasteiger partial charge on any atom is -0.330 e. The van der Waals surface area contributed by atoms with Crippen LogP contribution < -0.4 is 5.73 Å². The second kappa shape index (κ2) is 6.20. The maximum atomic E-state index is 10.7. The summed E-state index contributed by atoms with van der Waals surface area (Å²) in [5.41, 5.74) is 5.27. The van der Waals surface area contributed by atoms with Crippen LogP contribution in [-0.4, -0.2) is 27.0 Å². The van der Waals surface area contributed by atoms with Gasteiger partial charge < -0.3 is 5.73 Å². The lowest BCUT2D eigenvalue weighted by Gasteiger charge is -1.93. The molecular formula is C8H17NO2S. The lowest BCUT2D eigenvalue weighted by atomic mass is 10.3. The molecule has 0 saturated heterocycles. The van der Waals surface area contributed by atoms with E-state index < -0.39 is 9.84 Å². The number of rotatable bonds is 6. The molecule has 0 radical (unpaired) electrons. The van der Waals surface area contributed by atoms with Crippen LogP contribution in [0.2, 0.25) is 0 Å². The molecule has 0 spiro atoms. The van der Waals surface area contributed by atoms with Gasteiger partial charge >= 0.3 is 0 Å². The zero-order valence-electron chi connectivity index (χ0n) is 7.49. The zero-order valence-corrected chi connectivity index (χ0v) is 8.31. The second-order valence-electron chi connectivity index (χ2n) is 2.82. The van der Waals surface area contributed by atoms with E-state index >= 15 is 0 Å². The molecule has 2 N–H and O–H groups in total. The van der Waals surface area contributed by atoms with E-state index in [1.54, 1.807) is 0 Å². The third kappa shape index (κ3) is 9.65. The summed E-state index contributed by atoms with van der Waals surface area (Å²) in [6.45, 7) is 0.655. The van der Waals surface area contributed by atoms with Crippen molar-refractivity contribution >= 4 is 9.84 Å². The van der Waals surface area contributed by atoms with Crippen molar-refractivity contribution < 1.29 is 8.42 Å². The van der Waals surface area contributed by atoms with Crippen molar-refractivity contribution in [3.8, 4) is 0 Å². The number of unbranched alkanes of at least 4 members (excludes halogenated alkanes) is 1. The molecule has 0 aliphatic rings. The summed E-state index contributed by atoms with van der Waals surface area (Å²) >= 11 is 0. The second-order valence-corrected chi connectivity index (χ2v) is 5.08. The first-order valence-electron chi connectivity index (χ1n) is 4.09. The molecule has 0 heterocycles. The fourth-order valence-corrected chi connectivity index (χ4v) is 1.49. The molecule has 0 atom stereocenters. The Morgan fingerprint density at radius 1 is 1.25 bits per heavy atom. The first kappa shape index (κ1) is 11.6. The van der Waals surface area contributed by atoms with E-state index in [2.05, 4.69) is 0 Å². The van der Waals surface area contributed by atoms with E-state index in [0.717, 1.165) is 12.8 Å². The molecule has 0 saturated carbocycles. The van der Waals surface area contributed by atoms with Crippen LogP contribution >= 0.6 is 0 Å². The molecular weight excluding hydrogens is 174 g/mol. The maximum Gasteiger partial charge on any atom is 0.147 e. The van der Waals surface area contributed by atoms with Crippen molar-refractivity contribution in [2.45, 2.75) is 19.3 Å². The average molecular weight is 191 g/mol. The van der Waals surface area contributed by atoms with Gasteiger partial charge in [0.05, 0.1) is 5.75 Å². The van der Waals surface area contributed by atoms with Crippen LogP contribution in [0.5, 0.6) is 0 Å². The molecule has 0 amide bonds. The quantitative estimate of drug-likeness (QED) is 0.497. The number of nitrogens with two attached hydrogens (primary N) is 1. The number of allylic oxidation sites excluding steroid dienone is 1. The van der Waals surface area contributed by atoms with Crippen molar-refractivity contribution in [3.05, 3.63) is 12.2 Å². The Morgan fingerprint density at radius 2 is 1.83 bits per heavy atom. The summed E-state index contributed by atoms with van der Waals surface area (Å²) in [6, 6.07) is 0. The molecule has 0 aromatic rings. The lowest BCUT2D eigenvalue weighted by molar-refractivity contribution is 0.599. The predicted octanol–water partition coefficient (Wildman–Crippen LogP) is 0.716. The van der Waals surface area contributed by atoms with Crippen molar-refractivity contribution in [2.24, 2.45) is 5.73 Å². The third-order valence-corrected chi connectivity index (χ3v) is 2.42. The van der Waals surface area contributed by atoms with Crippen LogP contribution in [-0.2, 0) is 9.84 Å². The molecule has 0 aliphatic heterocycles. The first-order valence-corrected chi connectivity index (χ1v) is 6.15. The highest BCUT2D eigenvalue weighted by Crippen LogP contribution is 1.95. The van der Waals surface area contributed by atoms with Crippen molar-refractivity contribution in [1.82, 2.24) is 0 Å². The van der Waals surface area contributed by atoms with Crippen LogP contribution in [0, 0.1) is 0 Å². The van der Waals surface area contributed by atoms with Crippen molar-refractivity contribution in [1.29, 1.82) is 0 Å². The van der Waals surface area contributed by atoms with Gasteiger partial charge in [-0.25, -0.2) is 8.42 Å². The predicted molar refractivity (Wildman–Crippen MR) is 51.8 cm³/mol. The van der Waals surface area contributed by atoms with Gasteiger partial charge in [0.15, 0.2) is 0 Å². The fourth-order valence-electron chi connectivity index (χ4n) is 0.795. The topological polar surface area (TPSA) is 60.2 Å². The van der Waals surface area contributed by atoms with E-state index in [4.69, 9.17) is 5.73 Å². The monoisotopic (exact) mass is 191 g/mol. The smallest absolute Gasteiger partial charge is 0.147 e. The van der Waals surface area contributed by atoms with Crippen LogP contribution in [0.25, 0.3) is 0 Å². The van der Waals surface area contributed by atoms with Gasteiger partial charge in [0.1, 0.15) is 9.84 Å². The molecule has 0 unspecified atom stereocenters. The summed E-state index contributed by atoms with van der Waals surface area (Å²) in [5.74, 6) is 0.278. The highest BCUT2D eigenvalue weighted by atomic mass is 32.2. The van der Waals surface area contributed by atoms with E-state index in [-0.39, 0.29) is 5.75 Å². The molecule has 0 fully saturated rings. The highest BCUT2D eigenvalue weighted by Gasteiger charge is 1.98. The van der Waals surface area contributed by atoms with Gasteiger partial charge in [-0.15, -0.1) is 0 Å². The molecule has 0 bridgehead atoms. The maximum absolute atomic E-state index is 10.7. The van der Waals surface area contributed by atoms with Crippen LogP contribution in [0.4, 0.5) is 0 Å². The fraction of sp³-hybridized carbons (Fsp3) is 0.750. The summed E-state index contributed by atoms with van der Waals surface area (Å²) in [5, 5.41) is 0. The first-order chi connectivity index (χ1) is 5.56. The standard InChI is InChI=1S/C8H17NO2S/c1-12(10,11)8-6-4-2-3-5-7-9/h2-3H,4-9H2,1H3.